The maximum absolute atomic E-state index is 13.3. The maximum Gasteiger partial charge on any atom is 0.228 e. The van der Waals surface area contributed by atoms with E-state index in [1.54, 1.807) is 19.6 Å². The van der Waals surface area contributed by atoms with Crippen LogP contribution in [0.3, 0.4) is 0 Å². The van der Waals surface area contributed by atoms with Crippen LogP contribution in [0.15, 0.2) is 28.2 Å². The van der Waals surface area contributed by atoms with Crippen LogP contribution in [-0.4, -0.2) is 54.0 Å². The Balaban J connectivity index is 1.82. The lowest BCUT2D eigenvalue weighted by atomic mass is 10.2. The highest BCUT2D eigenvalue weighted by molar-refractivity contribution is 7.91. The summed E-state index contributed by atoms with van der Waals surface area (Å²) in [6.45, 7) is 2.06. The molecular formula is C19H30N4O4S. The van der Waals surface area contributed by atoms with Gasteiger partial charge in [-0.25, -0.2) is 13.4 Å². The van der Waals surface area contributed by atoms with Gasteiger partial charge in [-0.05, 0) is 19.9 Å². The summed E-state index contributed by atoms with van der Waals surface area (Å²) >= 11 is 0. The lowest BCUT2D eigenvalue weighted by molar-refractivity contribution is 0.181. The second-order valence-electron chi connectivity index (χ2n) is 7.50. The highest BCUT2D eigenvalue weighted by Gasteiger charge is 2.32. The van der Waals surface area contributed by atoms with Crippen LogP contribution in [0.1, 0.15) is 49.9 Å². The minimum absolute atomic E-state index is 0.182. The Morgan fingerprint density at radius 1 is 1.25 bits per heavy atom. The molecule has 8 nitrogen and oxygen atoms in total. The van der Waals surface area contributed by atoms with Gasteiger partial charge < -0.3 is 13.8 Å². The Morgan fingerprint density at radius 2 is 2.00 bits per heavy atom. The largest absolute Gasteiger partial charge is 0.383 e. The number of aromatic nitrogens is 3. The third-order valence-corrected chi connectivity index (χ3v) is 7.46. The van der Waals surface area contributed by atoms with Crippen molar-refractivity contribution in [1.82, 2.24) is 19.6 Å². The Hall–Kier alpha value is -1.71. The molecule has 156 valence electrons. The van der Waals surface area contributed by atoms with Crippen LogP contribution >= 0.6 is 0 Å². The van der Waals surface area contributed by atoms with Crippen LogP contribution in [0.25, 0.3) is 0 Å². The smallest absolute Gasteiger partial charge is 0.228 e. The molecule has 0 atom stereocenters. The van der Waals surface area contributed by atoms with Crippen molar-refractivity contribution < 1.29 is 17.7 Å². The fourth-order valence-electron chi connectivity index (χ4n) is 3.80. The first-order chi connectivity index (χ1) is 13.5. The van der Waals surface area contributed by atoms with Crippen LogP contribution < -0.4 is 0 Å². The molecule has 1 aliphatic carbocycles. The molecule has 0 radical (unpaired) electrons. The van der Waals surface area contributed by atoms with Gasteiger partial charge in [-0.3, -0.25) is 4.90 Å². The Kier molecular flexibility index (Phi) is 7.25. The van der Waals surface area contributed by atoms with Crippen molar-refractivity contribution in [3.05, 3.63) is 29.9 Å². The summed E-state index contributed by atoms with van der Waals surface area (Å²) in [6.07, 6.45) is 8.83. The fourth-order valence-corrected chi connectivity index (χ4v) is 5.76. The van der Waals surface area contributed by atoms with Crippen LogP contribution in [0, 0.1) is 0 Å². The number of nitrogens with zero attached hydrogens (tertiary/aromatic N) is 4. The van der Waals surface area contributed by atoms with Gasteiger partial charge in [0.1, 0.15) is 6.26 Å². The van der Waals surface area contributed by atoms with Crippen LogP contribution in [0.4, 0.5) is 0 Å². The van der Waals surface area contributed by atoms with E-state index in [1.807, 2.05) is 17.7 Å². The molecule has 0 saturated heterocycles. The lowest BCUT2D eigenvalue weighted by Crippen LogP contribution is -2.26. The van der Waals surface area contributed by atoms with E-state index >= 15 is 0 Å². The molecule has 2 aromatic rings. The van der Waals surface area contributed by atoms with Crippen molar-refractivity contribution in [2.24, 2.45) is 0 Å². The number of hydrogen-bond acceptors (Lipinski definition) is 7. The molecule has 0 aliphatic heterocycles. The lowest BCUT2D eigenvalue weighted by Gasteiger charge is -2.19. The summed E-state index contributed by atoms with van der Waals surface area (Å²) < 4.78 is 38.5. The van der Waals surface area contributed by atoms with E-state index in [-0.39, 0.29) is 10.4 Å². The summed E-state index contributed by atoms with van der Waals surface area (Å²) in [5.41, 5.74) is 1.69. The second kappa shape index (κ2) is 9.67. The first kappa shape index (κ1) is 21.0. The van der Waals surface area contributed by atoms with Gasteiger partial charge in [-0.2, -0.15) is 0 Å². The zero-order valence-corrected chi connectivity index (χ0v) is 17.5. The Morgan fingerprint density at radius 3 is 2.64 bits per heavy atom. The summed E-state index contributed by atoms with van der Waals surface area (Å²) in [7, 11) is 0.117. The molecule has 3 rings (SSSR count). The number of sulfone groups is 1. The number of ether oxygens (including phenoxy) is 1. The summed E-state index contributed by atoms with van der Waals surface area (Å²) in [6, 6.07) is 1.82. The molecule has 0 aromatic carbocycles. The molecule has 2 heterocycles. The highest BCUT2D eigenvalue weighted by atomic mass is 32.2. The number of imidazole rings is 1. The molecule has 1 aliphatic rings. The van der Waals surface area contributed by atoms with E-state index < -0.39 is 9.84 Å². The Labute approximate surface area is 166 Å². The number of hydrogen-bond donors (Lipinski definition) is 0. The molecule has 28 heavy (non-hydrogen) atoms. The second-order valence-corrected chi connectivity index (χ2v) is 9.62. The minimum atomic E-state index is -3.46. The van der Waals surface area contributed by atoms with Crippen molar-refractivity contribution in [2.45, 2.75) is 68.6 Å². The quantitative estimate of drug-likeness (QED) is 0.587. The third kappa shape index (κ3) is 5.01. The predicted octanol–water partition coefficient (Wildman–Crippen LogP) is 2.65. The van der Waals surface area contributed by atoms with E-state index in [4.69, 9.17) is 9.26 Å². The van der Waals surface area contributed by atoms with Gasteiger partial charge in [0.05, 0.1) is 29.4 Å². The fraction of sp³-hybridized carbons (Fsp3) is 0.684. The van der Waals surface area contributed by atoms with Crippen molar-refractivity contribution in [2.75, 3.05) is 20.8 Å². The molecule has 0 unspecified atom stereocenters. The van der Waals surface area contributed by atoms with E-state index in [0.717, 1.165) is 49.9 Å². The van der Waals surface area contributed by atoms with Crippen molar-refractivity contribution in [3.8, 4) is 0 Å². The molecule has 9 heteroatoms. The molecule has 0 N–H and O–H groups in total. The molecule has 1 saturated carbocycles. The van der Waals surface area contributed by atoms with Crippen molar-refractivity contribution >= 4 is 9.84 Å². The molecule has 0 bridgehead atoms. The average molecular weight is 411 g/mol. The third-order valence-electron chi connectivity index (χ3n) is 5.27. The summed E-state index contributed by atoms with van der Waals surface area (Å²) in [5, 5.41) is 3.78. The average Bonchev–Trinajstić information content (AvgIpc) is 3.21. The van der Waals surface area contributed by atoms with E-state index in [9.17, 15) is 8.42 Å². The van der Waals surface area contributed by atoms with Gasteiger partial charge in [-0.15, -0.1) is 0 Å². The van der Waals surface area contributed by atoms with Crippen molar-refractivity contribution in [1.29, 1.82) is 0 Å². The topological polar surface area (TPSA) is 90.5 Å². The maximum atomic E-state index is 13.3. The predicted molar refractivity (Wildman–Crippen MR) is 104 cm³/mol. The highest BCUT2D eigenvalue weighted by Crippen LogP contribution is 2.28. The van der Waals surface area contributed by atoms with Crippen LogP contribution in [0.5, 0.6) is 0 Å². The number of rotatable bonds is 9. The molecule has 0 amide bonds. The Bertz CT molecular complexity index is 824. The molecular weight excluding hydrogens is 380 g/mol. The van der Waals surface area contributed by atoms with Gasteiger partial charge in [0.2, 0.25) is 15.0 Å². The summed E-state index contributed by atoms with van der Waals surface area (Å²) in [4.78, 5) is 6.41. The van der Waals surface area contributed by atoms with Gasteiger partial charge >= 0.3 is 0 Å². The monoisotopic (exact) mass is 410 g/mol. The van der Waals surface area contributed by atoms with E-state index in [2.05, 4.69) is 15.0 Å². The first-order valence-electron chi connectivity index (χ1n) is 9.87. The van der Waals surface area contributed by atoms with E-state index in [0.29, 0.717) is 26.2 Å². The zero-order chi connectivity index (χ0) is 20.0. The normalized spacial score (nSPS) is 16.5. The minimum Gasteiger partial charge on any atom is -0.383 e. The van der Waals surface area contributed by atoms with Gasteiger partial charge in [0.15, 0.2) is 0 Å². The van der Waals surface area contributed by atoms with Gasteiger partial charge in [0.25, 0.3) is 0 Å². The first-order valence-corrected chi connectivity index (χ1v) is 11.4. The SMILES string of the molecule is COCCn1c(CN(C)Cc2ccon2)cnc1S(=O)(=O)C1CCCCCC1. The standard InChI is InChI=1S/C19H30N4O4S/c1-22(14-16-9-11-27-21-16)15-17-13-20-19(23(17)10-12-26-2)28(24,25)18-7-5-3-4-6-8-18/h9,11,13,18H,3-8,10,12,14-15H2,1-2H3. The molecule has 1 fully saturated rings. The van der Waals surface area contributed by atoms with Crippen LogP contribution in [0.2, 0.25) is 0 Å². The van der Waals surface area contributed by atoms with Crippen molar-refractivity contribution in [3.63, 3.8) is 0 Å². The van der Waals surface area contributed by atoms with Gasteiger partial charge in [0, 0.05) is 32.8 Å². The van der Waals surface area contributed by atoms with Crippen LogP contribution in [-0.2, 0) is 34.2 Å². The summed E-state index contributed by atoms with van der Waals surface area (Å²) in [5.74, 6) is 0. The number of methoxy groups -OCH3 is 1. The van der Waals surface area contributed by atoms with Gasteiger partial charge in [-0.1, -0.05) is 30.8 Å². The van der Waals surface area contributed by atoms with E-state index in [1.165, 1.54) is 0 Å². The molecule has 2 aromatic heterocycles. The molecule has 0 spiro atoms. The zero-order valence-electron chi connectivity index (χ0n) is 16.7.